The number of anilines is 3. The van der Waals surface area contributed by atoms with Gasteiger partial charge >= 0.3 is 0 Å². The molecule has 8 heteroatoms. The smallest absolute Gasteiger partial charge is 0.263 e. The van der Waals surface area contributed by atoms with Crippen molar-refractivity contribution in [2.24, 2.45) is 0 Å². The van der Waals surface area contributed by atoms with Gasteiger partial charge in [0.1, 0.15) is 5.75 Å². The van der Waals surface area contributed by atoms with E-state index in [-0.39, 0.29) is 16.5 Å². The van der Waals surface area contributed by atoms with Crippen LogP contribution in [0.3, 0.4) is 0 Å². The molecule has 2 N–H and O–H groups in total. The minimum absolute atomic E-state index is 0.102. The van der Waals surface area contributed by atoms with Gasteiger partial charge in [-0.2, -0.15) is 0 Å². The number of rotatable bonds is 6. The maximum atomic E-state index is 13.2. The van der Waals surface area contributed by atoms with Crippen LogP contribution in [0.5, 0.6) is 5.75 Å². The fraction of sp³-hybridized carbons (Fsp3) is 0.167. The van der Waals surface area contributed by atoms with Crippen molar-refractivity contribution >= 4 is 38.4 Å². The fourth-order valence-corrected chi connectivity index (χ4v) is 4.37. The van der Waals surface area contributed by atoms with Crippen LogP contribution in [0.4, 0.5) is 17.3 Å². The van der Waals surface area contributed by atoms with Crippen molar-refractivity contribution in [2.75, 3.05) is 17.1 Å². The van der Waals surface area contributed by atoms with Crippen LogP contribution in [0.15, 0.2) is 65.6 Å². The van der Waals surface area contributed by atoms with Crippen molar-refractivity contribution in [1.29, 1.82) is 0 Å². The molecule has 0 aliphatic heterocycles. The zero-order chi connectivity index (χ0) is 22.9. The summed E-state index contributed by atoms with van der Waals surface area (Å²) in [5, 5.41) is 3.19. The summed E-state index contributed by atoms with van der Waals surface area (Å²) in [5.74, 6) is 0.985. The average molecular weight is 449 g/mol. The molecule has 4 rings (SSSR count). The van der Waals surface area contributed by atoms with Gasteiger partial charge in [-0.3, -0.25) is 4.72 Å². The van der Waals surface area contributed by atoms with E-state index in [9.17, 15) is 8.42 Å². The molecule has 32 heavy (non-hydrogen) atoms. The van der Waals surface area contributed by atoms with E-state index in [1.165, 1.54) is 0 Å². The van der Waals surface area contributed by atoms with Gasteiger partial charge in [-0.15, -0.1) is 0 Å². The molecular formula is C24H24N4O3S. The molecule has 0 bridgehead atoms. The number of nitrogens with one attached hydrogen (secondary N) is 2. The maximum absolute atomic E-state index is 13.2. The van der Waals surface area contributed by atoms with Gasteiger partial charge in [-0.1, -0.05) is 24.3 Å². The molecule has 0 unspecified atom stereocenters. The van der Waals surface area contributed by atoms with Gasteiger partial charge in [0.05, 0.1) is 28.7 Å². The van der Waals surface area contributed by atoms with Gasteiger partial charge in [0.2, 0.25) is 0 Å². The van der Waals surface area contributed by atoms with E-state index >= 15 is 0 Å². The average Bonchev–Trinajstić information content (AvgIpc) is 2.76. The fourth-order valence-electron chi connectivity index (χ4n) is 3.27. The van der Waals surface area contributed by atoms with E-state index < -0.39 is 10.0 Å². The quantitative estimate of drug-likeness (QED) is 0.426. The Kier molecular flexibility index (Phi) is 5.71. The summed E-state index contributed by atoms with van der Waals surface area (Å²) in [7, 11) is -2.31. The number of aromatic nitrogens is 2. The van der Waals surface area contributed by atoms with Crippen molar-refractivity contribution in [3.05, 3.63) is 77.4 Å². The van der Waals surface area contributed by atoms with E-state index in [1.807, 2.05) is 57.2 Å². The molecule has 7 nitrogen and oxygen atoms in total. The summed E-state index contributed by atoms with van der Waals surface area (Å²) < 4.78 is 34.4. The number of sulfonamides is 1. The predicted octanol–water partition coefficient (Wildman–Crippen LogP) is 5.11. The monoisotopic (exact) mass is 448 g/mol. The number of methoxy groups -OCH3 is 1. The highest BCUT2D eigenvalue weighted by atomic mass is 32.2. The lowest BCUT2D eigenvalue weighted by Crippen LogP contribution is -2.16. The molecule has 0 fully saturated rings. The van der Waals surface area contributed by atoms with Gasteiger partial charge in [0.15, 0.2) is 11.6 Å². The Morgan fingerprint density at radius 3 is 2.16 bits per heavy atom. The Morgan fingerprint density at radius 1 is 0.812 bits per heavy atom. The van der Waals surface area contributed by atoms with Crippen LogP contribution in [0.2, 0.25) is 0 Å². The first-order chi connectivity index (χ1) is 15.3. The number of aryl methyl sites for hydroxylation is 3. The van der Waals surface area contributed by atoms with E-state index in [1.54, 1.807) is 31.4 Å². The molecule has 0 spiro atoms. The summed E-state index contributed by atoms with van der Waals surface area (Å²) in [4.78, 5) is 9.33. The number of nitrogens with zero attached hydrogens (tertiary/aromatic N) is 2. The van der Waals surface area contributed by atoms with Crippen LogP contribution >= 0.6 is 0 Å². The summed E-state index contributed by atoms with van der Waals surface area (Å²) in [6.07, 6.45) is 0. The molecule has 0 atom stereocenters. The van der Waals surface area contributed by atoms with E-state index in [2.05, 4.69) is 20.0 Å². The Labute approximate surface area is 187 Å². The highest BCUT2D eigenvalue weighted by molar-refractivity contribution is 7.92. The number of benzene rings is 3. The Hall–Kier alpha value is -3.65. The molecule has 4 aromatic rings. The van der Waals surface area contributed by atoms with Crippen molar-refractivity contribution in [3.8, 4) is 5.75 Å². The molecule has 1 heterocycles. The second-order valence-corrected chi connectivity index (χ2v) is 9.27. The second kappa shape index (κ2) is 8.47. The van der Waals surface area contributed by atoms with Gasteiger partial charge < -0.3 is 10.1 Å². The Bertz CT molecular complexity index is 1420. The Morgan fingerprint density at radius 2 is 1.50 bits per heavy atom. The molecule has 0 saturated carbocycles. The van der Waals surface area contributed by atoms with Gasteiger partial charge in [0, 0.05) is 0 Å². The molecule has 1 aromatic heterocycles. The van der Waals surface area contributed by atoms with E-state index in [0.29, 0.717) is 22.5 Å². The zero-order valence-corrected chi connectivity index (χ0v) is 19.1. The number of para-hydroxylation sites is 2. The van der Waals surface area contributed by atoms with Gasteiger partial charge in [0.25, 0.3) is 10.0 Å². The lowest BCUT2D eigenvalue weighted by Gasteiger charge is -2.16. The first-order valence-electron chi connectivity index (χ1n) is 10.1. The maximum Gasteiger partial charge on any atom is 0.263 e. The first kappa shape index (κ1) is 21.6. The Balaban J connectivity index is 1.81. The predicted molar refractivity (Wildman–Crippen MR) is 127 cm³/mol. The van der Waals surface area contributed by atoms with Crippen molar-refractivity contribution in [2.45, 2.75) is 25.7 Å². The topological polar surface area (TPSA) is 93.2 Å². The minimum atomic E-state index is -3.88. The van der Waals surface area contributed by atoms with Crippen LogP contribution < -0.4 is 14.8 Å². The van der Waals surface area contributed by atoms with Crippen molar-refractivity contribution in [1.82, 2.24) is 9.97 Å². The lowest BCUT2D eigenvalue weighted by molar-refractivity contribution is 0.416. The number of ether oxygens (including phenoxy) is 1. The molecule has 0 saturated heterocycles. The molecule has 0 aliphatic rings. The molecular weight excluding hydrogens is 424 g/mol. The molecule has 0 radical (unpaired) electrons. The van der Waals surface area contributed by atoms with Crippen molar-refractivity contribution < 1.29 is 13.2 Å². The summed E-state index contributed by atoms with van der Waals surface area (Å²) in [5.41, 5.74) is 4.79. The molecule has 0 aliphatic carbocycles. The highest BCUT2D eigenvalue weighted by Gasteiger charge is 2.20. The molecule has 164 valence electrons. The van der Waals surface area contributed by atoms with Crippen LogP contribution in [-0.4, -0.2) is 25.5 Å². The van der Waals surface area contributed by atoms with Gasteiger partial charge in [-0.05, 0) is 73.9 Å². The third-order valence-corrected chi connectivity index (χ3v) is 6.53. The molecule has 0 amide bonds. The first-order valence-corrected chi connectivity index (χ1v) is 11.5. The normalized spacial score (nSPS) is 11.4. The van der Waals surface area contributed by atoms with Crippen LogP contribution in [0.25, 0.3) is 11.0 Å². The highest BCUT2D eigenvalue weighted by Crippen LogP contribution is 2.32. The second-order valence-electron chi connectivity index (χ2n) is 7.59. The number of fused-ring (bicyclic) bond motifs is 1. The number of hydrogen-bond acceptors (Lipinski definition) is 6. The summed E-state index contributed by atoms with van der Waals surface area (Å²) >= 11 is 0. The van der Waals surface area contributed by atoms with E-state index in [0.717, 1.165) is 16.7 Å². The summed E-state index contributed by atoms with van der Waals surface area (Å²) in [6.45, 7) is 5.77. The van der Waals surface area contributed by atoms with Gasteiger partial charge in [-0.25, -0.2) is 18.4 Å². The van der Waals surface area contributed by atoms with Crippen LogP contribution in [0, 0.1) is 20.8 Å². The lowest BCUT2D eigenvalue weighted by atomic mass is 10.1. The third kappa shape index (κ3) is 4.36. The SMILES string of the molecule is COc1ccc(C)cc1Nc1nc2ccccc2nc1NS(=O)(=O)c1ccc(C)c(C)c1. The molecule has 3 aromatic carbocycles. The number of hydrogen-bond donors (Lipinski definition) is 2. The van der Waals surface area contributed by atoms with Crippen molar-refractivity contribution in [3.63, 3.8) is 0 Å². The van der Waals surface area contributed by atoms with Crippen LogP contribution in [-0.2, 0) is 10.0 Å². The largest absolute Gasteiger partial charge is 0.495 e. The third-order valence-electron chi connectivity index (χ3n) is 5.20. The van der Waals surface area contributed by atoms with E-state index in [4.69, 9.17) is 4.74 Å². The zero-order valence-electron chi connectivity index (χ0n) is 18.3. The van der Waals surface area contributed by atoms with Crippen LogP contribution in [0.1, 0.15) is 16.7 Å². The summed E-state index contributed by atoms with van der Waals surface area (Å²) in [6, 6.07) is 18.0. The standard InChI is InChI=1S/C24H24N4O3S/c1-15-9-12-22(31-4)21(13-15)27-23-24(26-20-8-6-5-7-19(20)25-23)28-32(29,30)18-11-10-16(2)17(3)14-18/h5-14H,1-4H3,(H,25,27)(H,26,28). The minimum Gasteiger partial charge on any atom is -0.495 e.